The van der Waals surface area contributed by atoms with E-state index in [1.807, 2.05) is 0 Å². The average Bonchev–Trinajstić information content (AvgIpc) is 2.66. The molecule has 0 aliphatic carbocycles. The van der Waals surface area contributed by atoms with Crippen LogP contribution in [-0.4, -0.2) is 86.0 Å². The summed E-state index contributed by atoms with van der Waals surface area (Å²) in [5.74, 6) is -51.5. The zero-order chi connectivity index (χ0) is 27.6. The van der Waals surface area contributed by atoms with Gasteiger partial charge in [-0.3, -0.25) is 0 Å². The second kappa shape index (κ2) is 8.10. The number of sulfonamides is 1. The smallest absolute Gasteiger partial charge is 0.379 e. The zero-order valence-electron chi connectivity index (χ0n) is 15.3. The quantitative estimate of drug-likeness (QED) is 0.402. The lowest BCUT2D eigenvalue weighted by Crippen LogP contribution is -2.75. The van der Waals surface area contributed by atoms with Crippen molar-refractivity contribution in [2.45, 2.75) is 47.0 Å². The average molecular weight is 569 g/mol. The second-order valence-electron chi connectivity index (χ2n) is 6.48. The van der Waals surface area contributed by atoms with E-state index in [0.717, 1.165) is 0 Å². The summed E-state index contributed by atoms with van der Waals surface area (Å²) in [6.45, 7) is -4.32. The molecule has 1 saturated heterocycles. The van der Waals surface area contributed by atoms with Gasteiger partial charge in [0.05, 0.1) is 13.2 Å². The summed E-state index contributed by atoms with van der Waals surface area (Å²) >= 11 is 0. The summed E-state index contributed by atoms with van der Waals surface area (Å²) in [4.78, 5) is 0. The molecule has 0 radical (unpaired) electrons. The van der Waals surface area contributed by atoms with Crippen LogP contribution in [0.25, 0.3) is 0 Å². The number of alkyl halides is 17. The summed E-state index contributed by atoms with van der Waals surface area (Å²) < 4.78 is 251. The summed E-state index contributed by atoms with van der Waals surface area (Å²) in [6.07, 6.45) is -7.86. The van der Waals surface area contributed by atoms with Crippen LogP contribution in [0.15, 0.2) is 0 Å². The van der Waals surface area contributed by atoms with Crippen LogP contribution in [0.5, 0.6) is 0 Å². The monoisotopic (exact) mass is 569 g/mol. The molecule has 0 unspecified atom stereocenters. The standard InChI is InChI=1S/C12H8F17NO3S/c13-5(14,7(17,18)9(21,22)11(25,26)27)6(15,16)8(19,20)10(23,24)12(28,29)34(31,32)30-1-3-33-4-2-30/h1-4H2. The maximum atomic E-state index is 13.9. The second-order valence-corrected chi connectivity index (χ2v) is 8.46. The molecule has 0 saturated carbocycles. The van der Waals surface area contributed by atoms with E-state index in [1.165, 1.54) is 0 Å². The van der Waals surface area contributed by atoms with Crippen LogP contribution in [0.2, 0.25) is 0 Å². The predicted molar refractivity (Wildman–Crippen MR) is 72.0 cm³/mol. The van der Waals surface area contributed by atoms with Crippen LogP contribution in [0.4, 0.5) is 74.6 Å². The van der Waals surface area contributed by atoms with Gasteiger partial charge in [0, 0.05) is 13.1 Å². The summed E-state index contributed by atoms with van der Waals surface area (Å²) in [5.41, 5.74) is 0. The lowest BCUT2D eigenvalue weighted by Gasteiger charge is -2.43. The lowest BCUT2D eigenvalue weighted by molar-refractivity contribution is -0.458. The van der Waals surface area contributed by atoms with Gasteiger partial charge in [0.25, 0.3) is 10.0 Å². The number of morpholine rings is 1. The highest BCUT2D eigenvalue weighted by molar-refractivity contribution is 7.90. The molecule has 0 spiro atoms. The molecular weight excluding hydrogens is 561 g/mol. The molecule has 1 heterocycles. The van der Waals surface area contributed by atoms with Gasteiger partial charge in [0.1, 0.15) is 0 Å². The highest BCUT2D eigenvalue weighted by atomic mass is 32.2. The molecule has 1 aliphatic heterocycles. The largest absolute Gasteiger partial charge is 0.460 e. The van der Waals surface area contributed by atoms with Crippen molar-refractivity contribution in [2.24, 2.45) is 0 Å². The highest BCUT2D eigenvalue weighted by Gasteiger charge is 2.96. The Balaban J connectivity index is 3.68. The number of ether oxygens (including phenoxy) is 1. The van der Waals surface area contributed by atoms with Crippen LogP contribution in [0.3, 0.4) is 0 Å². The van der Waals surface area contributed by atoms with E-state index in [0.29, 0.717) is 0 Å². The van der Waals surface area contributed by atoms with Gasteiger partial charge in [0.15, 0.2) is 0 Å². The Morgan fingerprint density at radius 3 is 1.12 bits per heavy atom. The van der Waals surface area contributed by atoms with Gasteiger partial charge in [-0.1, -0.05) is 0 Å². The minimum Gasteiger partial charge on any atom is -0.379 e. The molecule has 0 amide bonds. The topological polar surface area (TPSA) is 46.6 Å². The van der Waals surface area contributed by atoms with Crippen molar-refractivity contribution in [3.8, 4) is 0 Å². The van der Waals surface area contributed by atoms with E-state index in [4.69, 9.17) is 0 Å². The molecule has 0 aromatic rings. The summed E-state index contributed by atoms with van der Waals surface area (Å²) in [7, 11) is -7.20. The van der Waals surface area contributed by atoms with Crippen molar-refractivity contribution in [3.63, 3.8) is 0 Å². The van der Waals surface area contributed by atoms with Gasteiger partial charge in [-0.25, -0.2) is 8.42 Å². The van der Waals surface area contributed by atoms with Gasteiger partial charge in [-0.05, 0) is 0 Å². The van der Waals surface area contributed by atoms with Crippen molar-refractivity contribution < 1.29 is 87.8 Å². The minimum atomic E-state index is -8.83. The third kappa shape index (κ3) is 3.77. The fraction of sp³-hybridized carbons (Fsp3) is 1.00. The van der Waals surface area contributed by atoms with Crippen molar-refractivity contribution in [1.29, 1.82) is 0 Å². The number of rotatable bonds is 8. The van der Waals surface area contributed by atoms with E-state index in [1.54, 1.807) is 0 Å². The van der Waals surface area contributed by atoms with Gasteiger partial charge in [-0.2, -0.15) is 78.9 Å². The first kappa shape index (κ1) is 30.7. The van der Waals surface area contributed by atoms with Crippen LogP contribution in [0, 0.1) is 0 Å². The number of nitrogens with zero attached hydrogens (tertiary/aromatic N) is 1. The Labute approximate surface area is 176 Å². The highest BCUT2D eigenvalue weighted by Crippen LogP contribution is 2.64. The molecule has 0 N–H and O–H groups in total. The Kier molecular flexibility index (Phi) is 7.31. The molecule has 22 heteroatoms. The number of hydrogen-bond acceptors (Lipinski definition) is 3. The summed E-state index contributed by atoms with van der Waals surface area (Å²) in [6, 6.07) is 0. The molecule has 0 aromatic carbocycles. The first-order valence-electron chi connectivity index (χ1n) is 7.89. The molecule has 1 fully saturated rings. The van der Waals surface area contributed by atoms with Crippen LogP contribution < -0.4 is 0 Å². The maximum Gasteiger partial charge on any atom is 0.460 e. The van der Waals surface area contributed by atoms with Crippen molar-refractivity contribution in [2.75, 3.05) is 26.3 Å². The van der Waals surface area contributed by atoms with Crippen molar-refractivity contribution >= 4 is 10.0 Å². The minimum absolute atomic E-state index is 0.761. The van der Waals surface area contributed by atoms with E-state index in [-0.39, 0.29) is 0 Å². The van der Waals surface area contributed by atoms with Crippen LogP contribution >= 0.6 is 0 Å². The summed E-state index contributed by atoms with van der Waals surface area (Å²) in [5, 5.41) is -7.51. The molecule has 0 aromatic heterocycles. The normalized spacial score (nSPS) is 19.4. The van der Waals surface area contributed by atoms with E-state index in [2.05, 4.69) is 4.74 Å². The molecule has 4 nitrogen and oxygen atoms in total. The Hall–Kier alpha value is -1.32. The van der Waals surface area contributed by atoms with E-state index in [9.17, 15) is 83.1 Å². The Morgan fingerprint density at radius 2 is 0.794 bits per heavy atom. The molecule has 1 aliphatic rings. The van der Waals surface area contributed by atoms with Crippen molar-refractivity contribution in [1.82, 2.24) is 4.31 Å². The molecule has 1 rings (SSSR count). The zero-order valence-corrected chi connectivity index (χ0v) is 16.2. The van der Waals surface area contributed by atoms with E-state index >= 15 is 0 Å². The van der Waals surface area contributed by atoms with Crippen LogP contribution in [-0.2, 0) is 14.8 Å². The lowest BCUT2D eigenvalue weighted by atomic mass is 9.91. The predicted octanol–water partition coefficient (Wildman–Crippen LogP) is 4.62. The third-order valence-corrected chi connectivity index (χ3v) is 6.28. The molecule has 204 valence electrons. The van der Waals surface area contributed by atoms with Crippen molar-refractivity contribution in [3.05, 3.63) is 0 Å². The SMILES string of the molecule is O=S(=O)(N1CCOCC1)C(F)(F)C(F)(F)C(F)(F)C(F)(F)C(F)(F)C(F)(F)C(F)(F)C(F)(F)F. The van der Waals surface area contributed by atoms with Crippen LogP contribution in [0.1, 0.15) is 0 Å². The third-order valence-electron chi connectivity index (χ3n) is 4.33. The van der Waals surface area contributed by atoms with Gasteiger partial charge >= 0.3 is 47.0 Å². The fourth-order valence-electron chi connectivity index (χ4n) is 2.26. The Bertz CT molecular complexity index is 859. The molecule has 0 atom stereocenters. The first-order chi connectivity index (χ1) is 14.6. The fourth-order valence-corrected chi connectivity index (χ4v) is 3.67. The molecule has 0 bridgehead atoms. The number of halogens is 17. The van der Waals surface area contributed by atoms with Gasteiger partial charge < -0.3 is 4.74 Å². The first-order valence-corrected chi connectivity index (χ1v) is 9.33. The van der Waals surface area contributed by atoms with Gasteiger partial charge in [-0.15, -0.1) is 0 Å². The van der Waals surface area contributed by atoms with Gasteiger partial charge in [0.2, 0.25) is 0 Å². The molecule has 34 heavy (non-hydrogen) atoms. The van der Waals surface area contributed by atoms with E-state index < -0.39 is 87.6 Å². The number of hydrogen-bond donors (Lipinski definition) is 0. The maximum absolute atomic E-state index is 13.9. The molecular formula is C12H8F17NO3S. The Morgan fingerprint density at radius 1 is 0.500 bits per heavy atom.